The van der Waals surface area contributed by atoms with Crippen molar-refractivity contribution < 1.29 is 9.53 Å². The highest BCUT2D eigenvalue weighted by Crippen LogP contribution is 2.12. The van der Waals surface area contributed by atoms with Crippen LogP contribution in [0.3, 0.4) is 0 Å². The highest BCUT2D eigenvalue weighted by atomic mass is 16.5. The summed E-state index contributed by atoms with van der Waals surface area (Å²) in [4.78, 5) is 11.3. The van der Waals surface area contributed by atoms with E-state index in [-0.39, 0.29) is 6.03 Å². The van der Waals surface area contributed by atoms with E-state index >= 15 is 0 Å². The highest BCUT2D eigenvalue weighted by Gasteiger charge is 1.99. The van der Waals surface area contributed by atoms with Crippen LogP contribution >= 0.6 is 0 Å². The summed E-state index contributed by atoms with van der Waals surface area (Å²) < 4.78 is 5.14. The van der Waals surface area contributed by atoms with Crippen molar-refractivity contribution in [2.45, 2.75) is 19.8 Å². The summed E-state index contributed by atoms with van der Waals surface area (Å²) >= 11 is 0. The van der Waals surface area contributed by atoms with Crippen molar-refractivity contribution in [1.82, 2.24) is 10.6 Å². The van der Waals surface area contributed by atoms with Gasteiger partial charge in [0.2, 0.25) is 0 Å². The smallest absolute Gasteiger partial charge is 0.314 e. The molecule has 0 aliphatic carbocycles. The average Bonchev–Trinajstić information content (AvgIpc) is 2.36. The van der Waals surface area contributed by atoms with E-state index in [0.29, 0.717) is 13.1 Å². The molecule has 0 heterocycles. The van der Waals surface area contributed by atoms with Gasteiger partial charge in [-0.2, -0.15) is 0 Å². The van der Waals surface area contributed by atoms with Gasteiger partial charge in [0.05, 0.1) is 7.11 Å². The molecule has 0 atom stereocenters. The average molecular weight is 236 g/mol. The third-order valence-electron chi connectivity index (χ3n) is 2.37. The second kappa shape index (κ2) is 7.54. The van der Waals surface area contributed by atoms with Gasteiger partial charge in [-0.1, -0.05) is 19.1 Å². The molecule has 0 spiro atoms. The van der Waals surface area contributed by atoms with Gasteiger partial charge in [0.15, 0.2) is 0 Å². The first kappa shape index (κ1) is 13.4. The second-order valence-corrected chi connectivity index (χ2v) is 3.78. The molecule has 17 heavy (non-hydrogen) atoms. The Hall–Kier alpha value is -1.71. The quantitative estimate of drug-likeness (QED) is 0.793. The molecule has 2 N–H and O–H groups in total. The van der Waals surface area contributed by atoms with Gasteiger partial charge in [0, 0.05) is 13.1 Å². The van der Waals surface area contributed by atoms with Crippen LogP contribution in [0.25, 0.3) is 0 Å². The first-order chi connectivity index (χ1) is 8.26. The zero-order valence-corrected chi connectivity index (χ0v) is 10.5. The van der Waals surface area contributed by atoms with Gasteiger partial charge in [-0.05, 0) is 30.5 Å². The van der Waals surface area contributed by atoms with Gasteiger partial charge in [-0.15, -0.1) is 0 Å². The molecule has 4 heteroatoms. The number of amides is 2. The van der Waals surface area contributed by atoms with E-state index in [0.717, 1.165) is 24.2 Å². The van der Waals surface area contributed by atoms with Gasteiger partial charge in [0.1, 0.15) is 5.75 Å². The largest absolute Gasteiger partial charge is 0.497 e. The number of hydrogen-bond acceptors (Lipinski definition) is 2. The molecule has 0 saturated heterocycles. The summed E-state index contributed by atoms with van der Waals surface area (Å²) in [6.07, 6.45) is 1.75. The summed E-state index contributed by atoms with van der Waals surface area (Å²) in [5.41, 5.74) is 1.15. The summed E-state index contributed by atoms with van der Waals surface area (Å²) in [5, 5.41) is 5.58. The number of nitrogens with one attached hydrogen (secondary N) is 2. The number of urea groups is 1. The molecule has 0 saturated carbocycles. The highest BCUT2D eigenvalue weighted by molar-refractivity contribution is 5.73. The van der Waals surface area contributed by atoms with Crippen LogP contribution in [0, 0.1) is 0 Å². The predicted octanol–water partition coefficient (Wildman–Crippen LogP) is 1.95. The fourth-order valence-electron chi connectivity index (χ4n) is 1.45. The maximum atomic E-state index is 11.3. The van der Waals surface area contributed by atoms with E-state index in [1.54, 1.807) is 7.11 Å². The molecule has 0 aromatic heterocycles. The number of methoxy groups -OCH3 is 1. The van der Waals surface area contributed by atoms with Crippen molar-refractivity contribution in [1.29, 1.82) is 0 Å². The summed E-state index contributed by atoms with van der Waals surface area (Å²) in [6.45, 7) is 3.37. The van der Waals surface area contributed by atoms with E-state index in [1.807, 2.05) is 31.2 Å². The van der Waals surface area contributed by atoms with E-state index in [1.165, 1.54) is 0 Å². The zero-order chi connectivity index (χ0) is 12.5. The Balaban J connectivity index is 2.28. The normalized spacial score (nSPS) is 9.76. The van der Waals surface area contributed by atoms with Crippen LogP contribution in [0.5, 0.6) is 5.75 Å². The van der Waals surface area contributed by atoms with Crippen LogP contribution in [-0.2, 0) is 6.42 Å². The molecule has 94 valence electrons. The number of carbonyl (C=O) groups is 1. The van der Waals surface area contributed by atoms with E-state index in [9.17, 15) is 4.79 Å². The number of ether oxygens (including phenoxy) is 1. The van der Waals surface area contributed by atoms with Crippen molar-refractivity contribution in [3.63, 3.8) is 0 Å². The van der Waals surface area contributed by atoms with Crippen molar-refractivity contribution in [3.8, 4) is 5.75 Å². The van der Waals surface area contributed by atoms with Gasteiger partial charge >= 0.3 is 6.03 Å². The first-order valence-corrected chi connectivity index (χ1v) is 5.91. The summed E-state index contributed by atoms with van der Waals surface area (Å²) in [6, 6.07) is 7.76. The van der Waals surface area contributed by atoms with E-state index in [2.05, 4.69) is 10.6 Å². The lowest BCUT2D eigenvalue weighted by Crippen LogP contribution is -2.36. The van der Waals surface area contributed by atoms with Crippen molar-refractivity contribution in [3.05, 3.63) is 29.8 Å². The lowest BCUT2D eigenvalue weighted by molar-refractivity contribution is 0.241. The minimum atomic E-state index is -0.102. The van der Waals surface area contributed by atoms with Crippen LogP contribution in [0.2, 0.25) is 0 Å². The Morgan fingerprint density at radius 1 is 1.29 bits per heavy atom. The minimum Gasteiger partial charge on any atom is -0.497 e. The minimum absolute atomic E-state index is 0.102. The maximum Gasteiger partial charge on any atom is 0.314 e. The van der Waals surface area contributed by atoms with Crippen molar-refractivity contribution in [2.75, 3.05) is 20.2 Å². The fourth-order valence-corrected chi connectivity index (χ4v) is 1.45. The van der Waals surface area contributed by atoms with Gasteiger partial charge in [-0.3, -0.25) is 0 Å². The van der Waals surface area contributed by atoms with Crippen LogP contribution in [-0.4, -0.2) is 26.2 Å². The van der Waals surface area contributed by atoms with E-state index < -0.39 is 0 Å². The molecular weight excluding hydrogens is 216 g/mol. The van der Waals surface area contributed by atoms with Gasteiger partial charge in [-0.25, -0.2) is 4.79 Å². The van der Waals surface area contributed by atoms with Crippen molar-refractivity contribution >= 4 is 6.03 Å². The third kappa shape index (κ3) is 5.24. The number of benzene rings is 1. The van der Waals surface area contributed by atoms with Crippen molar-refractivity contribution in [2.24, 2.45) is 0 Å². The van der Waals surface area contributed by atoms with Gasteiger partial charge in [0.25, 0.3) is 0 Å². The van der Waals surface area contributed by atoms with Crippen LogP contribution in [0.15, 0.2) is 24.3 Å². The van der Waals surface area contributed by atoms with E-state index in [4.69, 9.17) is 4.74 Å². The molecule has 0 aliphatic rings. The zero-order valence-electron chi connectivity index (χ0n) is 10.5. The SMILES string of the molecule is CCCNC(=O)NCCc1cccc(OC)c1. The molecule has 1 aromatic carbocycles. The van der Waals surface area contributed by atoms with Crippen LogP contribution in [0.1, 0.15) is 18.9 Å². The molecule has 0 aliphatic heterocycles. The van der Waals surface area contributed by atoms with Crippen LogP contribution in [0.4, 0.5) is 4.79 Å². The molecule has 2 amide bonds. The maximum absolute atomic E-state index is 11.3. The lowest BCUT2D eigenvalue weighted by atomic mass is 10.1. The fraction of sp³-hybridized carbons (Fsp3) is 0.462. The summed E-state index contributed by atoms with van der Waals surface area (Å²) in [7, 11) is 1.65. The summed E-state index contributed by atoms with van der Waals surface area (Å²) in [5.74, 6) is 0.845. The monoisotopic (exact) mass is 236 g/mol. The Morgan fingerprint density at radius 3 is 2.76 bits per heavy atom. The Kier molecular flexibility index (Phi) is 5.93. The second-order valence-electron chi connectivity index (χ2n) is 3.78. The molecule has 1 rings (SSSR count). The molecular formula is C13H20N2O2. The molecule has 4 nitrogen and oxygen atoms in total. The number of rotatable bonds is 6. The molecule has 0 fully saturated rings. The lowest BCUT2D eigenvalue weighted by Gasteiger charge is -2.07. The Labute approximate surface area is 102 Å². The molecule has 0 bridgehead atoms. The third-order valence-corrected chi connectivity index (χ3v) is 2.37. The predicted molar refractivity (Wildman–Crippen MR) is 68.4 cm³/mol. The molecule has 0 radical (unpaired) electrons. The topological polar surface area (TPSA) is 50.4 Å². The first-order valence-electron chi connectivity index (χ1n) is 5.91. The standard InChI is InChI=1S/C13H20N2O2/c1-3-8-14-13(16)15-9-7-11-5-4-6-12(10-11)17-2/h4-6,10H,3,7-9H2,1-2H3,(H2,14,15,16). The Morgan fingerprint density at radius 2 is 2.06 bits per heavy atom. The number of carbonyl (C=O) groups excluding carboxylic acids is 1. The Bertz CT molecular complexity index is 353. The number of hydrogen-bond donors (Lipinski definition) is 2. The molecule has 0 unspecified atom stereocenters. The van der Waals surface area contributed by atoms with Crippen LogP contribution < -0.4 is 15.4 Å². The molecule has 1 aromatic rings. The van der Waals surface area contributed by atoms with Gasteiger partial charge < -0.3 is 15.4 Å².